The Labute approximate surface area is 161 Å². The van der Waals surface area contributed by atoms with Crippen LogP contribution in [0.5, 0.6) is 0 Å². The van der Waals surface area contributed by atoms with E-state index < -0.39 is 5.82 Å². The van der Waals surface area contributed by atoms with Crippen LogP contribution in [0.3, 0.4) is 0 Å². The Morgan fingerprint density at radius 1 is 1.25 bits per heavy atom. The monoisotopic (exact) mass is 384 g/mol. The van der Waals surface area contributed by atoms with Crippen LogP contribution in [0, 0.1) is 19.7 Å². The van der Waals surface area contributed by atoms with Crippen molar-refractivity contribution in [3.63, 3.8) is 0 Å². The predicted molar refractivity (Wildman–Crippen MR) is 104 cm³/mol. The lowest BCUT2D eigenvalue weighted by Gasteiger charge is -2.11. The van der Waals surface area contributed by atoms with Crippen molar-refractivity contribution < 1.29 is 18.8 Å². The fourth-order valence-electron chi connectivity index (χ4n) is 3.11. The van der Waals surface area contributed by atoms with Gasteiger partial charge in [-0.3, -0.25) is 14.4 Å². The SMILES string of the molecule is Cc1[nH]c(C=C2C(=O)Nc3ccc(F)cc32)c(C)c1C(=O)NCC(=O)N(C)C. The Balaban J connectivity index is 1.92. The highest BCUT2D eigenvalue weighted by molar-refractivity contribution is 6.34. The van der Waals surface area contributed by atoms with E-state index in [1.807, 2.05) is 0 Å². The molecule has 0 radical (unpaired) electrons. The molecule has 3 rings (SSSR count). The number of carbonyl (C=O) groups excluding carboxylic acids is 3. The van der Waals surface area contributed by atoms with Gasteiger partial charge in [-0.1, -0.05) is 0 Å². The number of halogens is 1. The van der Waals surface area contributed by atoms with E-state index in [0.29, 0.717) is 39.3 Å². The second kappa shape index (κ2) is 7.30. The maximum atomic E-state index is 13.6. The summed E-state index contributed by atoms with van der Waals surface area (Å²) in [5.74, 6) is -1.38. The number of nitrogens with one attached hydrogen (secondary N) is 3. The minimum atomic E-state index is -0.439. The molecule has 8 heteroatoms. The first kappa shape index (κ1) is 19.3. The van der Waals surface area contributed by atoms with Gasteiger partial charge in [0.05, 0.1) is 17.7 Å². The zero-order chi connectivity index (χ0) is 20.6. The van der Waals surface area contributed by atoms with Crippen molar-refractivity contribution in [2.45, 2.75) is 13.8 Å². The molecule has 0 saturated carbocycles. The Morgan fingerprint density at radius 2 is 1.96 bits per heavy atom. The van der Waals surface area contributed by atoms with Crippen molar-refractivity contribution in [2.75, 3.05) is 26.0 Å². The van der Waals surface area contributed by atoms with E-state index in [1.54, 1.807) is 34.0 Å². The fraction of sp³-hybridized carbons (Fsp3) is 0.250. The highest BCUT2D eigenvalue weighted by Crippen LogP contribution is 2.34. The van der Waals surface area contributed by atoms with E-state index in [-0.39, 0.29) is 24.3 Å². The molecular weight excluding hydrogens is 363 g/mol. The third-order valence-electron chi connectivity index (χ3n) is 4.66. The summed E-state index contributed by atoms with van der Waals surface area (Å²) in [6, 6.07) is 4.09. The van der Waals surface area contributed by atoms with E-state index >= 15 is 0 Å². The summed E-state index contributed by atoms with van der Waals surface area (Å²) >= 11 is 0. The van der Waals surface area contributed by atoms with Gasteiger partial charge in [0.15, 0.2) is 0 Å². The number of likely N-dealkylation sites (N-methyl/N-ethyl adjacent to an activating group) is 1. The fourth-order valence-corrected chi connectivity index (χ4v) is 3.11. The number of aromatic amines is 1. The van der Waals surface area contributed by atoms with Crippen molar-refractivity contribution in [1.29, 1.82) is 0 Å². The lowest BCUT2D eigenvalue weighted by atomic mass is 10.0. The molecule has 2 aromatic rings. The number of fused-ring (bicyclic) bond motifs is 1. The number of aryl methyl sites for hydroxylation is 1. The molecule has 1 aliphatic rings. The molecule has 3 N–H and O–H groups in total. The summed E-state index contributed by atoms with van der Waals surface area (Å²) in [5.41, 5.74) is 3.56. The van der Waals surface area contributed by atoms with Gasteiger partial charge in [-0.25, -0.2) is 4.39 Å². The van der Waals surface area contributed by atoms with E-state index in [9.17, 15) is 18.8 Å². The minimum absolute atomic E-state index is 0.110. The van der Waals surface area contributed by atoms with Gasteiger partial charge in [0.2, 0.25) is 5.91 Å². The van der Waals surface area contributed by atoms with Gasteiger partial charge in [0.25, 0.3) is 11.8 Å². The Morgan fingerprint density at radius 3 is 2.64 bits per heavy atom. The average molecular weight is 384 g/mol. The molecule has 1 aromatic carbocycles. The van der Waals surface area contributed by atoms with Gasteiger partial charge in [-0.2, -0.15) is 0 Å². The number of rotatable bonds is 4. The molecule has 1 aliphatic heterocycles. The maximum Gasteiger partial charge on any atom is 0.256 e. The Kier molecular flexibility index (Phi) is 5.04. The van der Waals surface area contributed by atoms with Crippen LogP contribution < -0.4 is 10.6 Å². The molecule has 1 aromatic heterocycles. The number of aromatic nitrogens is 1. The molecule has 7 nitrogen and oxygen atoms in total. The van der Waals surface area contributed by atoms with E-state index in [1.165, 1.54) is 23.1 Å². The van der Waals surface area contributed by atoms with Gasteiger partial charge < -0.3 is 20.5 Å². The second-order valence-corrected chi connectivity index (χ2v) is 6.84. The zero-order valence-electron chi connectivity index (χ0n) is 16.1. The highest BCUT2D eigenvalue weighted by Gasteiger charge is 2.26. The van der Waals surface area contributed by atoms with Gasteiger partial charge in [-0.15, -0.1) is 0 Å². The van der Waals surface area contributed by atoms with Crippen molar-refractivity contribution >= 4 is 35.1 Å². The molecule has 3 amide bonds. The lowest BCUT2D eigenvalue weighted by molar-refractivity contribution is -0.127. The smallest absolute Gasteiger partial charge is 0.256 e. The van der Waals surface area contributed by atoms with Crippen molar-refractivity contribution in [2.24, 2.45) is 0 Å². The third kappa shape index (κ3) is 3.53. The molecule has 0 atom stereocenters. The number of nitrogens with zero attached hydrogens (tertiary/aromatic N) is 1. The van der Waals surface area contributed by atoms with Crippen LogP contribution in [0.4, 0.5) is 10.1 Å². The number of carbonyl (C=O) groups is 3. The zero-order valence-corrected chi connectivity index (χ0v) is 16.1. The van der Waals surface area contributed by atoms with E-state index in [2.05, 4.69) is 15.6 Å². The molecule has 0 spiro atoms. The summed E-state index contributed by atoms with van der Waals surface area (Å²) < 4.78 is 13.6. The van der Waals surface area contributed by atoms with Crippen LogP contribution in [0.2, 0.25) is 0 Å². The number of benzene rings is 1. The first-order valence-corrected chi connectivity index (χ1v) is 8.69. The van der Waals surface area contributed by atoms with Crippen LogP contribution in [-0.4, -0.2) is 48.2 Å². The first-order chi connectivity index (χ1) is 13.2. The Hall–Kier alpha value is -3.42. The van der Waals surface area contributed by atoms with Crippen molar-refractivity contribution in [3.8, 4) is 0 Å². The third-order valence-corrected chi connectivity index (χ3v) is 4.66. The number of amides is 3. The number of hydrogen-bond acceptors (Lipinski definition) is 3. The van der Waals surface area contributed by atoms with E-state index in [0.717, 1.165) is 0 Å². The molecule has 0 aliphatic carbocycles. The van der Waals surface area contributed by atoms with E-state index in [4.69, 9.17) is 0 Å². The molecular formula is C20H21FN4O3. The molecule has 0 saturated heterocycles. The average Bonchev–Trinajstić information content (AvgIpc) is 3.08. The van der Waals surface area contributed by atoms with Gasteiger partial charge in [0.1, 0.15) is 5.82 Å². The van der Waals surface area contributed by atoms with Gasteiger partial charge >= 0.3 is 0 Å². The summed E-state index contributed by atoms with van der Waals surface area (Å²) in [6.07, 6.45) is 1.60. The summed E-state index contributed by atoms with van der Waals surface area (Å²) in [6.45, 7) is 3.37. The normalized spacial score (nSPS) is 14.0. The van der Waals surface area contributed by atoms with Crippen LogP contribution in [0.25, 0.3) is 11.6 Å². The van der Waals surface area contributed by atoms with Gasteiger partial charge in [-0.05, 0) is 43.7 Å². The van der Waals surface area contributed by atoms with Gasteiger partial charge in [0, 0.05) is 36.7 Å². The maximum absolute atomic E-state index is 13.6. The quantitative estimate of drug-likeness (QED) is 0.705. The molecule has 28 heavy (non-hydrogen) atoms. The first-order valence-electron chi connectivity index (χ1n) is 8.69. The van der Waals surface area contributed by atoms with Crippen LogP contribution in [0.15, 0.2) is 18.2 Å². The number of H-pyrrole nitrogens is 1. The summed E-state index contributed by atoms with van der Waals surface area (Å²) in [4.78, 5) is 41.0. The number of anilines is 1. The second-order valence-electron chi connectivity index (χ2n) is 6.84. The molecule has 146 valence electrons. The molecule has 2 heterocycles. The topological polar surface area (TPSA) is 94.3 Å². The van der Waals surface area contributed by atoms with Crippen LogP contribution in [0.1, 0.15) is 32.9 Å². The van der Waals surface area contributed by atoms with Crippen LogP contribution in [-0.2, 0) is 9.59 Å². The van der Waals surface area contributed by atoms with Crippen molar-refractivity contribution in [3.05, 3.63) is 52.1 Å². The highest BCUT2D eigenvalue weighted by atomic mass is 19.1. The predicted octanol–water partition coefficient (Wildman–Crippen LogP) is 2.08. The summed E-state index contributed by atoms with van der Waals surface area (Å²) in [5, 5.41) is 5.29. The minimum Gasteiger partial charge on any atom is -0.358 e. The summed E-state index contributed by atoms with van der Waals surface area (Å²) in [7, 11) is 3.22. The standard InChI is InChI=1S/C20H21FN4O3/c1-10-16(8-14-13-7-12(21)5-6-15(13)24-19(14)27)23-11(2)18(10)20(28)22-9-17(26)25(3)4/h5-8,23H,9H2,1-4H3,(H,22,28)(H,24,27). The largest absolute Gasteiger partial charge is 0.358 e. The van der Waals surface area contributed by atoms with Crippen molar-refractivity contribution in [1.82, 2.24) is 15.2 Å². The Bertz CT molecular complexity index is 1020. The molecule has 0 unspecified atom stereocenters. The number of hydrogen-bond donors (Lipinski definition) is 3. The lowest BCUT2D eigenvalue weighted by Crippen LogP contribution is -2.36. The molecule has 0 fully saturated rings. The van der Waals surface area contributed by atoms with Crippen LogP contribution >= 0.6 is 0 Å². The molecule has 0 bridgehead atoms.